The van der Waals surface area contributed by atoms with Gasteiger partial charge in [0.05, 0.1) is 0 Å². The van der Waals surface area contributed by atoms with Crippen LogP contribution in [0.15, 0.2) is 54.6 Å². The normalized spacial score (nSPS) is 26.1. The highest BCUT2D eigenvalue weighted by Gasteiger charge is 2.49. The first-order valence-electron chi connectivity index (χ1n) is 13.2. The average molecular weight is 478 g/mol. The highest BCUT2D eigenvalue weighted by molar-refractivity contribution is 5.94. The number of hydrogen-bond donors (Lipinski definition) is 1. The predicted octanol–water partition coefficient (Wildman–Crippen LogP) is 4.63. The van der Waals surface area contributed by atoms with Crippen molar-refractivity contribution in [3.8, 4) is 0 Å². The van der Waals surface area contributed by atoms with Gasteiger partial charge in [-0.3, -0.25) is 14.5 Å². The van der Waals surface area contributed by atoms with Crippen molar-refractivity contribution in [3.63, 3.8) is 0 Å². The van der Waals surface area contributed by atoms with E-state index in [4.69, 9.17) is 0 Å². The Morgan fingerprint density at radius 2 is 1.71 bits per heavy atom. The van der Waals surface area contributed by atoms with Crippen molar-refractivity contribution in [2.24, 2.45) is 11.8 Å². The van der Waals surface area contributed by atoms with E-state index in [1.54, 1.807) is 12.1 Å². The summed E-state index contributed by atoms with van der Waals surface area (Å²) in [6.45, 7) is 3.60. The lowest BCUT2D eigenvalue weighted by atomic mass is 9.69. The van der Waals surface area contributed by atoms with Gasteiger partial charge >= 0.3 is 0 Å². The molecule has 3 aliphatic rings. The van der Waals surface area contributed by atoms with Gasteiger partial charge in [0.1, 0.15) is 5.82 Å². The summed E-state index contributed by atoms with van der Waals surface area (Å²) in [5, 5.41) is 2.95. The van der Waals surface area contributed by atoms with Crippen LogP contribution in [0.2, 0.25) is 0 Å². The fourth-order valence-electron chi connectivity index (χ4n) is 6.71. The monoisotopic (exact) mass is 477 g/mol. The molecule has 0 spiro atoms. The third-order valence-corrected chi connectivity index (χ3v) is 8.26. The number of nitrogens with one attached hydrogen (secondary N) is 1. The molecule has 5 nitrogen and oxygen atoms in total. The summed E-state index contributed by atoms with van der Waals surface area (Å²) in [6.07, 6.45) is 6.83. The maximum Gasteiger partial charge on any atom is 0.254 e. The Balaban J connectivity index is 1.25. The van der Waals surface area contributed by atoms with E-state index in [2.05, 4.69) is 15.1 Å². The molecule has 3 heterocycles. The number of likely N-dealkylation sites (tertiary alicyclic amines) is 1. The van der Waals surface area contributed by atoms with E-state index in [1.165, 1.54) is 44.5 Å². The van der Waals surface area contributed by atoms with Crippen LogP contribution in [0.25, 0.3) is 0 Å². The molecule has 6 heteroatoms. The molecule has 4 atom stereocenters. The summed E-state index contributed by atoms with van der Waals surface area (Å²) in [7, 11) is 0. The summed E-state index contributed by atoms with van der Waals surface area (Å²) >= 11 is 0. The Bertz CT molecular complexity index is 1010. The average Bonchev–Trinajstić information content (AvgIpc) is 2.89. The van der Waals surface area contributed by atoms with Crippen LogP contribution in [0, 0.1) is 17.7 Å². The van der Waals surface area contributed by atoms with Crippen molar-refractivity contribution in [1.82, 2.24) is 15.1 Å². The molecule has 0 bridgehead atoms. The summed E-state index contributed by atoms with van der Waals surface area (Å²) in [6, 6.07) is 16.6. The second-order valence-electron chi connectivity index (χ2n) is 10.4. The molecule has 1 N–H and O–H groups in total. The van der Waals surface area contributed by atoms with Crippen LogP contribution in [0.5, 0.6) is 0 Å². The number of nitrogens with zero attached hydrogens (tertiary/aromatic N) is 2. The van der Waals surface area contributed by atoms with Crippen molar-refractivity contribution < 1.29 is 14.0 Å². The van der Waals surface area contributed by atoms with Crippen molar-refractivity contribution in [1.29, 1.82) is 0 Å². The van der Waals surface area contributed by atoms with Crippen LogP contribution < -0.4 is 5.32 Å². The Morgan fingerprint density at radius 1 is 0.971 bits per heavy atom. The van der Waals surface area contributed by atoms with E-state index < -0.39 is 0 Å². The van der Waals surface area contributed by atoms with Crippen LogP contribution in [-0.2, 0) is 11.3 Å². The van der Waals surface area contributed by atoms with E-state index >= 15 is 0 Å². The maximum absolute atomic E-state index is 13.6. The Labute approximate surface area is 207 Å². The number of halogens is 1. The maximum atomic E-state index is 13.6. The number of carbonyl (C=O) groups excluding carboxylic acids is 2. The highest BCUT2D eigenvalue weighted by atomic mass is 19.1. The second-order valence-corrected chi connectivity index (χ2v) is 10.4. The summed E-state index contributed by atoms with van der Waals surface area (Å²) in [5.74, 6) is 0.905. The molecular weight excluding hydrogens is 441 g/mol. The van der Waals surface area contributed by atoms with Gasteiger partial charge in [-0.05, 0) is 93.3 Å². The summed E-state index contributed by atoms with van der Waals surface area (Å²) in [5.41, 5.74) is 1.65. The van der Waals surface area contributed by atoms with E-state index in [9.17, 15) is 14.0 Å². The standard InChI is InChI=1S/C29H36FN3O2/c30-24-15-13-21(14-16-24)19-31-27(34)12-4-11-26-25-10-6-18-32-17-5-9-23(28(25)32)20-33(26)29(35)22-7-2-1-3-8-22/h1-3,7-8,13-16,23,25-26,28H,4-6,9-12,17-20H2,(H,31,34)/t23-,25+,26+,28-/m0/s1. The number of carbonyl (C=O) groups is 2. The van der Waals surface area contributed by atoms with Crippen LogP contribution >= 0.6 is 0 Å². The molecule has 0 aromatic heterocycles. The van der Waals surface area contributed by atoms with Gasteiger partial charge in [-0.1, -0.05) is 30.3 Å². The number of benzene rings is 2. The van der Waals surface area contributed by atoms with Gasteiger partial charge in [-0.15, -0.1) is 0 Å². The lowest BCUT2D eigenvalue weighted by molar-refractivity contribution is -0.121. The Hall–Kier alpha value is -2.73. The zero-order valence-corrected chi connectivity index (χ0v) is 20.4. The number of hydrogen-bond acceptors (Lipinski definition) is 3. The van der Waals surface area contributed by atoms with Gasteiger partial charge in [0, 0.05) is 37.2 Å². The minimum Gasteiger partial charge on any atom is -0.352 e. The zero-order chi connectivity index (χ0) is 24.2. The van der Waals surface area contributed by atoms with Gasteiger partial charge in [0.15, 0.2) is 0 Å². The van der Waals surface area contributed by atoms with E-state index in [1.807, 2.05) is 30.3 Å². The third-order valence-electron chi connectivity index (χ3n) is 8.26. The van der Waals surface area contributed by atoms with Crippen LogP contribution in [-0.4, -0.2) is 53.3 Å². The predicted molar refractivity (Wildman–Crippen MR) is 134 cm³/mol. The first kappa shape index (κ1) is 24.0. The highest BCUT2D eigenvalue weighted by Crippen LogP contribution is 2.43. The topological polar surface area (TPSA) is 52.7 Å². The van der Waals surface area contributed by atoms with Crippen LogP contribution in [0.1, 0.15) is 60.9 Å². The molecule has 3 fully saturated rings. The summed E-state index contributed by atoms with van der Waals surface area (Å²) < 4.78 is 13.1. The molecular formula is C29H36FN3O2. The van der Waals surface area contributed by atoms with Gasteiger partial charge in [0.25, 0.3) is 5.91 Å². The van der Waals surface area contributed by atoms with E-state index in [0.29, 0.717) is 30.8 Å². The molecule has 5 rings (SSSR count). The number of rotatable bonds is 7. The number of amides is 2. The summed E-state index contributed by atoms with van der Waals surface area (Å²) in [4.78, 5) is 31.0. The van der Waals surface area contributed by atoms with Crippen molar-refractivity contribution in [2.45, 2.75) is 63.6 Å². The Kier molecular flexibility index (Phi) is 7.47. The molecule has 35 heavy (non-hydrogen) atoms. The SMILES string of the molecule is O=C(CCC[C@@H]1[C@H]2CCCN3CCC[C@@H](CN1C(=O)c1ccccc1)[C@@H]23)NCc1ccc(F)cc1. The molecule has 0 unspecified atom stereocenters. The minimum atomic E-state index is -0.274. The van der Waals surface area contributed by atoms with Gasteiger partial charge < -0.3 is 10.2 Å². The van der Waals surface area contributed by atoms with Crippen molar-refractivity contribution >= 4 is 11.8 Å². The molecule has 0 radical (unpaired) electrons. The first-order chi connectivity index (χ1) is 17.1. The molecule has 0 saturated carbocycles. The third kappa shape index (κ3) is 5.43. The van der Waals surface area contributed by atoms with Crippen LogP contribution in [0.3, 0.4) is 0 Å². The fourth-order valence-corrected chi connectivity index (χ4v) is 6.71. The molecule has 2 amide bonds. The lowest BCUT2D eigenvalue weighted by Crippen LogP contribution is -2.65. The van der Waals surface area contributed by atoms with E-state index in [0.717, 1.165) is 36.9 Å². The van der Waals surface area contributed by atoms with Gasteiger partial charge in [-0.2, -0.15) is 0 Å². The van der Waals surface area contributed by atoms with Gasteiger partial charge in [-0.25, -0.2) is 4.39 Å². The van der Waals surface area contributed by atoms with Crippen molar-refractivity contribution in [3.05, 3.63) is 71.5 Å². The molecule has 3 saturated heterocycles. The number of piperidine rings is 3. The molecule has 0 aliphatic carbocycles. The fraction of sp³-hybridized carbons (Fsp3) is 0.517. The molecule has 2 aromatic carbocycles. The second kappa shape index (κ2) is 10.9. The largest absolute Gasteiger partial charge is 0.352 e. The molecule has 186 valence electrons. The van der Waals surface area contributed by atoms with Crippen molar-refractivity contribution in [2.75, 3.05) is 19.6 Å². The zero-order valence-electron chi connectivity index (χ0n) is 20.4. The Morgan fingerprint density at radius 3 is 2.49 bits per heavy atom. The molecule has 2 aromatic rings. The first-order valence-corrected chi connectivity index (χ1v) is 13.2. The molecule has 3 aliphatic heterocycles. The van der Waals surface area contributed by atoms with E-state index in [-0.39, 0.29) is 23.7 Å². The van der Waals surface area contributed by atoms with Crippen LogP contribution in [0.4, 0.5) is 4.39 Å². The minimum absolute atomic E-state index is 0.00637. The lowest BCUT2D eigenvalue weighted by Gasteiger charge is -2.57. The smallest absolute Gasteiger partial charge is 0.254 e. The quantitative estimate of drug-likeness (QED) is 0.633. The van der Waals surface area contributed by atoms with Gasteiger partial charge in [0.2, 0.25) is 5.91 Å².